The lowest BCUT2D eigenvalue weighted by atomic mass is 10.0. The van der Waals surface area contributed by atoms with Crippen molar-refractivity contribution in [2.24, 2.45) is 0 Å². The number of nitrogens with two attached hydrogens (primary N) is 1. The van der Waals surface area contributed by atoms with E-state index in [4.69, 9.17) is 10.5 Å². The first-order chi connectivity index (χ1) is 18.5. The maximum atomic E-state index is 13.4. The first-order valence-corrected chi connectivity index (χ1v) is 13.3. The second kappa shape index (κ2) is 12.9. The molecule has 13 heteroatoms. The van der Waals surface area contributed by atoms with E-state index < -0.39 is 44.7 Å². The van der Waals surface area contributed by atoms with Crippen LogP contribution >= 0.6 is 0 Å². The number of rotatable bonds is 12. The lowest BCUT2D eigenvalue weighted by Crippen LogP contribution is -2.53. The number of hydrogen-bond acceptors (Lipinski definition) is 8. The Bertz CT molecular complexity index is 1410. The fraction of sp³-hybridized carbons (Fsp3) is 0.231. The van der Waals surface area contributed by atoms with E-state index in [0.29, 0.717) is 16.8 Å². The Morgan fingerprint density at radius 3 is 2.03 bits per heavy atom. The molecule has 1 amide bonds. The number of nitrogens with one attached hydrogen (secondary N) is 2. The fourth-order valence-corrected chi connectivity index (χ4v) is 4.84. The summed E-state index contributed by atoms with van der Waals surface area (Å²) in [7, 11) is -4.32. The largest absolute Gasteiger partial charge is 0.464 e. The monoisotopic (exact) mass is 558 g/mol. The summed E-state index contributed by atoms with van der Waals surface area (Å²) in [6, 6.07) is 13.3. The van der Waals surface area contributed by atoms with Gasteiger partial charge in [0.05, 0.1) is 16.4 Å². The van der Waals surface area contributed by atoms with E-state index >= 15 is 0 Å². The zero-order valence-corrected chi connectivity index (χ0v) is 21.7. The molecule has 0 saturated heterocycles. The molecule has 0 fully saturated rings. The van der Waals surface area contributed by atoms with Gasteiger partial charge >= 0.3 is 5.97 Å². The molecule has 0 radical (unpaired) electrons. The quantitative estimate of drug-likeness (QED) is 0.132. The van der Waals surface area contributed by atoms with Crippen molar-refractivity contribution in [1.82, 2.24) is 10.0 Å². The molecule has 3 rings (SSSR count). The van der Waals surface area contributed by atoms with E-state index in [-0.39, 0.29) is 30.0 Å². The van der Waals surface area contributed by atoms with Crippen LogP contribution in [0.5, 0.6) is 0 Å². The van der Waals surface area contributed by atoms with Crippen molar-refractivity contribution in [3.63, 3.8) is 0 Å². The summed E-state index contributed by atoms with van der Waals surface area (Å²) in [5.74, 6) is -2.04. The molecule has 2 atom stereocenters. The highest BCUT2D eigenvalue weighted by Gasteiger charge is 2.30. The summed E-state index contributed by atoms with van der Waals surface area (Å²) in [6.07, 6.45) is -0.140. The number of hydrogen-bond donors (Lipinski definition) is 3. The van der Waals surface area contributed by atoms with Gasteiger partial charge in [-0.2, -0.15) is 4.72 Å². The number of esters is 1. The molecule has 11 nitrogen and oxygen atoms in total. The Morgan fingerprint density at radius 2 is 1.49 bits per heavy atom. The molecule has 3 aromatic carbocycles. The van der Waals surface area contributed by atoms with Crippen LogP contribution in [0.2, 0.25) is 0 Å². The average molecular weight is 559 g/mol. The lowest BCUT2D eigenvalue weighted by molar-refractivity contribution is -0.384. The van der Waals surface area contributed by atoms with Crippen molar-refractivity contribution < 1.29 is 32.1 Å². The lowest BCUT2D eigenvalue weighted by Gasteiger charge is -2.23. The second-order valence-corrected chi connectivity index (χ2v) is 10.2. The van der Waals surface area contributed by atoms with Crippen LogP contribution in [0, 0.1) is 15.9 Å². The minimum atomic E-state index is -4.32. The molecule has 39 heavy (non-hydrogen) atoms. The number of benzene rings is 3. The molecular weight excluding hydrogens is 531 g/mol. The van der Waals surface area contributed by atoms with Crippen LogP contribution in [0.3, 0.4) is 0 Å². The van der Waals surface area contributed by atoms with Crippen LogP contribution in [0.15, 0.2) is 77.7 Å². The summed E-state index contributed by atoms with van der Waals surface area (Å²) >= 11 is 0. The highest BCUT2D eigenvalue weighted by molar-refractivity contribution is 7.89. The van der Waals surface area contributed by atoms with Crippen molar-refractivity contribution in [3.8, 4) is 0 Å². The molecule has 0 aliphatic rings. The molecule has 4 N–H and O–H groups in total. The predicted molar refractivity (Wildman–Crippen MR) is 140 cm³/mol. The van der Waals surface area contributed by atoms with Crippen molar-refractivity contribution in [3.05, 3.63) is 99.9 Å². The molecule has 0 unspecified atom stereocenters. The van der Waals surface area contributed by atoms with Crippen LogP contribution in [-0.2, 0) is 37.2 Å². The third-order valence-corrected chi connectivity index (χ3v) is 7.12. The number of non-ortho nitro benzene ring substituents is 1. The molecule has 3 aromatic rings. The number of sulfonamides is 1. The number of nitrogens with zero attached hydrogens (tertiary/aromatic N) is 1. The molecular formula is C26H27FN4O7S. The van der Waals surface area contributed by atoms with Gasteiger partial charge in [-0.3, -0.25) is 14.9 Å². The number of amides is 1. The van der Waals surface area contributed by atoms with Gasteiger partial charge in [0.25, 0.3) is 5.69 Å². The average Bonchev–Trinajstić information content (AvgIpc) is 2.90. The van der Waals surface area contributed by atoms with Gasteiger partial charge in [-0.05, 0) is 60.9 Å². The van der Waals surface area contributed by atoms with E-state index in [1.165, 1.54) is 24.3 Å². The number of carbonyl (C=O) groups excluding carboxylic acids is 2. The molecule has 0 bridgehead atoms. The third-order valence-electron chi connectivity index (χ3n) is 5.63. The third kappa shape index (κ3) is 8.32. The smallest absolute Gasteiger partial charge is 0.328 e. The number of nitrogen functional groups attached to an aromatic ring is 1. The number of nitro benzene ring substituents is 1. The maximum Gasteiger partial charge on any atom is 0.328 e. The normalized spacial score (nSPS) is 12.8. The molecule has 0 saturated carbocycles. The Balaban J connectivity index is 1.89. The SMILES string of the molecule is CCOC(=O)[C@H](Cc1ccc(F)cc1)NC(=O)[C@H](Cc1ccc(N)cc1)NS(=O)(=O)c1ccc([N+](=O)[O-])cc1. The number of halogens is 1. The molecule has 0 spiro atoms. The van der Waals surface area contributed by atoms with Gasteiger partial charge < -0.3 is 15.8 Å². The first kappa shape index (κ1) is 29.2. The number of anilines is 1. The fourth-order valence-electron chi connectivity index (χ4n) is 3.64. The van der Waals surface area contributed by atoms with Gasteiger partial charge in [-0.25, -0.2) is 17.6 Å². The molecule has 0 aliphatic carbocycles. The van der Waals surface area contributed by atoms with Crippen LogP contribution in [0.4, 0.5) is 15.8 Å². The summed E-state index contributed by atoms with van der Waals surface area (Å²) in [6.45, 7) is 1.63. The van der Waals surface area contributed by atoms with E-state index in [1.54, 1.807) is 31.2 Å². The predicted octanol–water partition coefficient (Wildman–Crippen LogP) is 2.50. The van der Waals surface area contributed by atoms with Crippen LogP contribution in [-0.4, -0.2) is 43.9 Å². The Kier molecular flexibility index (Phi) is 9.68. The minimum absolute atomic E-state index is 0.0332. The van der Waals surface area contributed by atoms with Crippen LogP contribution in [0.1, 0.15) is 18.1 Å². The number of carbonyl (C=O) groups is 2. The number of ether oxygens (including phenoxy) is 1. The summed E-state index contributed by atoms with van der Waals surface area (Å²) in [5, 5.41) is 13.5. The van der Waals surface area contributed by atoms with Crippen LogP contribution < -0.4 is 15.8 Å². The van der Waals surface area contributed by atoms with E-state index in [2.05, 4.69) is 10.0 Å². The van der Waals surface area contributed by atoms with E-state index in [9.17, 15) is 32.5 Å². The van der Waals surface area contributed by atoms with Gasteiger partial charge in [-0.15, -0.1) is 0 Å². The van der Waals surface area contributed by atoms with Crippen molar-refractivity contribution in [2.75, 3.05) is 12.3 Å². The van der Waals surface area contributed by atoms with Crippen molar-refractivity contribution in [2.45, 2.75) is 36.7 Å². The second-order valence-electron chi connectivity index (χ2n) is 8.51. The van der Waals surface area contributed by atoms with E-state index in [0.717, 1.165) is 24.3 Å². The molecule has 206 valence electrons. The minimum Gasteiger partial charge on any atom is -0.464 e. The molecule has 0 aliphatic heterocycles. The maximum absolute atomic E-state index is 13.4. The topological polar surface area (TPSA) is 171 Å². The summed E-state index contributed by atoms with van der Waals surface area (Å²) in [4.78, 5) is 36.0. The van der Waals surface area contributed by atoms with Gasteiger partial charge in [0.15, 0.2) is 0 Å². The van der Waals surface area contributed by atoms with Gasteiger partial charge in [0.2, 0.25) is 15.9 Å². The molecule has 0 aromatic heterocycles. The Morgan fingerprint density at radius 1 is 0.949 bits per heavy atom. The highest BCUT2D eigenvalue weighted by Crippen LogP contribution is 2.17. The summed E-state index contributed by atoms with van der Waals surface area (Å²) < 4.78 is 47.0. The first-order valence-electron chi connectivity index (χ1n) is 11.8. The van der Waals surface area contributed by atoms with Gasteiger partial charge in [-0.1, -0.05) is 24.3 Å². The molecule has 0 heterocycles. The van der Waals surface area contributed by atoms with E-state index in [1.807, 2.05) is 0 Å². The van der Waals surface area contributed by atoms with Crippen molar-refractivity contribution >= 4 is 33.3 Å². The Labute approximate surface area is 224 Å². The highest BCUT2D eigenvalue weighted by atomic mass is 32.2. The number of nitro groups is 1. The Hall–Kier alpha value is -4.36. The zero-order chi connectivity index (χ0) is 28.6. The standard InChI is InChI=1S/C26H27FN4O7S/c1-2-38-26(33)24(16-17-3-7-19(27)8-4-17)29-25(32)23(15-18-5-9-20(28)10-6-18)30-39(36,37)22-13-11-21(12-14-22)31(34)35/h3-14,23-24,30H,2,15-16,28H2,1H3,(H,29,32)/t23-,24-/m0/s1. The summed E-state index contributed by atoms with van der Waals surface area (Å²) in [5.41, 5.74) is 7.00. The van der Waals surface area contributed by atoms with Gasteiger partial charge in [0, 0.05) is 24.2 Å². The van der Waals surface area contributed by atoms with Crippen molar-refractivity contribution in [1.29, 1.82) is 0 Å². The van der Waals surface area contributed by atoms with Crippen LogP contribution in [0.25, 0.3) is 0 Å². The zero-order valence-electron chi connectivity index (χ0n) is 20.9. The van der Waals surface area contributed by atoms with Gasteiger partial charge in [0.1, 0.15) is 17.9 Å².